The highest BCUT2D eigenvalue weighted by Crippen LogP contribution is 2.31. The fourth-order valence-corrected chi connectivity index (χ4v) is 3.23. The van der Waals surface area contributed by atoms with Crippen molar-refractivity contribution in [3.05, 3.63) is 66.6 Å². The van der Waals surface area contributed by atoms with E-state index >= 15 is 0 Å². The number of hydrogen-bond donors (Lipinski definition) is 3. The van der Waals surface area contributed by atoms with Gasteiger partial charge in [0.25, 0.3) is 0 Å². The number of fused-ring (bicyclic) bond motifs is 4. The summed E-state index contributed by atoms with van der Waals surface area (Å²) >= 11 is 0. The van der Waals surface area contributed by atoms with E-state index in [1.807, 2.05) is 24.3 Å². The molecule has 0 fully saturated rings. The van der Waals surface area contributed by atoms with E-state index in [-0.39, 0.29) is 5.56 Å². The summed E-state index contributed by atoms with van der Waals surface area (Å²) < 4.78 is 0. The molecule has 7 heteroatoms. The second-order valence-corrected chi connectivity index (χ2v) is 6.22. The highest BCUT2D eigenvalue weighted by molar-refractivity contribution is 6.11. The van der Waals surface area contributed by atoms with Crippen LogP contribution in [0.5, 0.6) is 0 Å². The van der Waals surface area contributed by atoms with E-state index < -0.39 is 5.97 Å². The Morgan fingerprint density at radius 3 is 2.81 bits per heavy atom. The number of anilines is 2. The summed E-state index contributed by atoms with van der Waals surface area (Å²) in [6.45, 7) is 0. The molecule has 0 atom stereocenters. The minimum atomic E-state index is -0.982. The van der Waals surface area contributed by atoms with E-state index in [1.165, 1.54) is 0 Å². The first kappa shape index (κ1) is 15.3. The lowest BCUT2D eigenvalue weighted by Gasteiger charge is -2.12. The zero-order chi connectivity index (χ0) is 18.4. The molecule has 0 aliphatic carbocycles. The Bertz CT molecular complexity index is 1340. The third kappa shape index (κ3) is 2.53. The van der Waals surface area contributed by atoms with E-state index in [0.29, 0.717) is 11.3 Å². The van der Waals surface area contributed by atoms with Crippen LogP contribution in [-0.2, 0) is 0 Å². The van der Waals surface area contributed by atoms with E-state index in [4.69, 9.17) is 0 Å². The summed E-state index contributed by atoms with van der Waals surface area (Å²) in [5, 5.41) is 23.3. The third-order valence-electron chi connectivity index (χ3n) is 4.55. The zero-order valence-electron chi connectivity index (χ0n) is 14.0. The predicted molar refractivity (Wildman–Crippen MR) is 103 cm³/mol. The Balaban J connectivity index is 1.72. The first-order valence-corrected chi connectivity index (χ1v) is 8.30. The summed E-state index contributed by atoms with van der Waals surface area (Å²) in [5.74, 6) is -0.342. The van der Waals surface area contributed by atoms with Crippen LogP contribution in [0.4, 0.5) is 11.5 Å². The highest BCUT2D eigenvalue weighted by Gasteiger charge is 2.12. The van der Waals surface area contributed by atoms with Crippen molar-refractivity contribution >= 4 is 50.1 Å². The molecule has 2 aromatic carbocycles. The van der Waals surface area contributed by atoms with Gasteiger partial charge in [-0.05, 0) is 36.4 Å². The number of carboxylic acids is 1. The number of aromatic carboxylic acids is 1. The molecule has 0 bridgehead atoms. The number of H-pyrrole nitrogens is 1. The van der Waals surface area contributed by atoms with Crippen LogP contribution in [0.3, 0.4) is 0 Å². The number of carboxylic acid groups (broad SMARTS) is 1. The average molecular weight is 355 g/mol. The minimum absolute atomic E-state index is 0.197. The van der Waals surface area contributed by atoms with E-state index in [9.17, 15) is 9.90 Å². The van der Waals surface area contributed by atoms with Crippen molar-refractivity contribution < 1.29 is 9.90 Å². The third-order valence-corrected chi connectivity index (χ3v) is 4.55. The maximum atomic E-state index is 11.3. The molecule has 0 aliphatic rings. The fraction of sp³-hybridized carbons (Fsp3) is 0. The Kier molecular flexibility index (Phi) is 3.26. The molecule has 5 rings (SSSR count). The molecule has 5 aromatic rings. The second-order valence-electron chi connectivity index (χ2n) is 6.22. The summed E-state index contributed by atoms with van der Waals surface area (Å²) in [5.41, 5.74) is 2.56. The number of pyridine rings is 2. The van der Waals surface area contributed by atoms with E-state index in [2.05, 4.69) is 25.5 Å². The molecule has 0 unspecified atom stereocenters. The van der Waals surface area contributed by atoms with Crippen molar-refractivity contribution in [1.82, 2.24) is 20.2 Å². The molecule has 7 nitrogen and oxygen atoms in total. The van der Waals surface area contributed by atoms with Gasteiger partial charge in [-0.2, -0.15) is 5.10 Å². The van der Waals surface area contributed by atoms with E-state index in [0.717, 1.165) is 32.7 Å². The van der Waals surface area contributed by atoms with Crippen LogP contribution in [0, 0.1) is 0 Å². The highest BCUT2D eigenvalue weighted by atomic mass is 16.4. The van der Waals surface area contributed by atoms with E-state index in [1.54, 1.807) is 36.8 Å². The molecule has 0 saturated heterocycles. The molecule has 130 valence electrons. The minimum Gasteiger partial charge on any atom is -0.478 e. The van der Waals surface area contributed by atoms with Crippen LogP contribution in [0.1, 0.15) is 10.4 Å². The molecule has 3 heterocycles. The second kappa shape index (κ2) is 5.77. The zero-order valence-corrected chi connectivity index (χ0v) is 14.0. The summed E-state index contributed by atoms with van der Waals surface area (Å²) in [7, 11) is 0. The number of benzene rings is 2. The van der Waals surface area contributed by atoms with Crippen LogP contribution >= 0.6 is 0 Å². The number of nitrogens with one attached hydrogen (secondary N) is 2. The lowest BCUT2D eigenvalue weighted by molar-refractivity contribution is 0.0697. The maximum Gasteiger partial charge on any atom is 0.335 e. The predicted octanol–water partition coefficient (Wildman–Crippen LogP) is 4.10. The summed E-state index contributed by atoms with van der Waals surface area (Å²) in [6.07, 6.45) is 5.25. The topological polar surface area (TPSA) is 104 Å². The van der Waals surface area contributed by atoms with Gasteiger partial charge in [0, 0.05) is 39.6 Å². The number of carbonyl (C=O) groups is 1. The van der Waals surface area contributed by atoms with Crippen molar-refractivity contribution in [2.45, 2.75) is 0 Å². The summed E-state index contributed by atoms with van der Waals surface area (Å²) in [6, 6.07) is 12.7. The number of rotatable bonds is 3. The van der Waals surface area contributed by atoms with Gasteiger partial charge >= 0.3 is 5.97 Å². The van der Waals surface area contributed by atoms with Crippen LogP contribution < -0.4 is 5.32 Å². The van der Waals surface area contributed by atoms with Gasteiger partial charge in [0.15, 0.2) is 0 Å². The van der Waals surface area contributed by atoms with Gasteiger partial charge in [0.05, 0.1) is 22.8 Å². The quantitative estimate of drug-likeness (QED) is 0.421. The number of hydrogen-bond acceptors (Lipinski definition) is 5. The molecule has 27 heavy (non-hydrogen) atoms. The Hall–Kier alpha value is -4.00. The van der Waals surface area contributed by atoms with Gasteiger partial charge in [0.1, 0.15) is 5.82 Å². The van der Waals surface area contributed by atoms with Gasteiger partial charge in [-0.3, -0.25) is 10.1 Å². The van der Waals surface area contributed by atoms with Crippen LogP contribution in [0.2, 0.25) is 0 Å². The molecule has 3 aromatic heterocycles. The Morgan fingerprint density at radius 2 is 1.93 bits per heavy atom. The van der Waals surface area contributed by atoms with Gasteiger partial charge in [-0.1, -0.05) is 6.07 Å². The van der Waals surface area contributed by atoms with Crippen LogP contribution in [0.15, 0.2) is 61.1 Å². The van der Waals surface area contributed by atoms with Crippen molar-refractivity contribution in [1.29, 1.82) is 0 Å². The molecule has 3 N–H and O–H groups in total. The normalized spacial score (nSPS) is 11.3. The summed E-state index contributed by atoms with van der Waals surface area (Å²) in [4.78, 5) is 20.2. The lowest BCUT2D eigenvalue weighted by atomic mass is 10.1. The molecular formula is C20H13N5O2. The van der Waals surface area contributed by atoms with Gasteiger partial charge in [-0.25, -0.2) is 9.78 Å². The number of aromatic amines is 1. The average Bonchev–Trinajstić information content (AvgIpc) is 3.15. The van der Waals surface area contributed by atoms with Crippen molar-refractivity contribution in [2.75, 3.05) is 5.32 Å². The van der Waals surface area contributed by atoms with Crippen molar-refractivity contribution in [2.24, 2.45) is 0 Å². The molecule has 0 spiro atoms. The molecule has 0 aliphatic heterocycles. The molecule has 0 amide bonds. The maximum absolute atomic E-state index is 11.3. The molecule has 0 saturated carbocycles. The van der Waals surface area contributed by atoms with Crippen LogP contribution in [-0.4, -0.2) is 31.2 Å². The smallest absolute Gasteiger partial charge is 0.335 e. The van der Waals surface area contributed by atoms with Crippen molar-refractivity contribution in [3.8, 4) is 0 Å². The standard InChI is InChI=1S/C20H13N5O2/c26-20(27)11-2-4-14-16-10-21-6-5-15(16)19(24-18(14)7-11)23-13-3-1-12-9-22-25-17(12)8-13/h1-10H,(H,22,25)(H,23,24)(H,26,27). The lowest BCUT2D eigenvalue weighted by Crippen LogP contribution is -1.99. The number of nitrogens with zero attached hydrogens (tertiary/aromatic N) is 3. The number of aromatic nitrogens is 4. The van der Waals surface area contributed by atoms with Gasteiger partial charge < -0.3 is 10.4 Å². The monoisotopic (exact) mass is 355 g/mol. The largest absolute Gasteiger partial charge is 0.478 e. The first-order valence-electron chi connectivity index (χ1n) is 8.30. The van der Waals surface area contributed by atoms with Gasteiger partial charge in [-0.15, -0.1) is 0 Å². The molecule has 0 radical (unpaired) electrons. The Labute approximate surface area is 152 Å². The van der Waals surface area contributed by atoms with Crippen LogP contribution in [0.25, 0.3) is 32.6 Å². The Morgan fingerprint density at radius 1 is 1.00 bits per heavy atom. The SMILES string of the molecule is O=C(O)c1ccc2c(c1)nc(Nc1ccc3cn[nH]c3c1)c1ccncc12. The molecular weight excluding hydrogens is 342 g/mol. The van der Waals surface area contributed by atoms with Crippen molar-refractivity contribution in [3.63, 3.8) is 0 Å². The first-order chi connectivity index (χ1) is 13.2. The fourth-order valence-electron chi connectivity index (χ4n) is 3.23. The van der Waals surface area contributed by atoms with Gasteiger partial charge in [0.2, 0.25) is 0 Å².